The van der Waals surface area contributed by atoms with Crippen LogP contribution in [0, 0.1) is 11.8 Å². The van der Waals surface area contributed by atoms with Crippen LogP contribution in [0.15, 0.2) is 54.6 Å². The van der Waals surface area contributed by atoms with Gasteiger partial charge in [-0.05, 0) is 62.6 Å². The van der Waals surface area contributed by atoms with E-state index in [0.717, 1.165) is 17.8 Å². The Labute approximate surface area is 160 Å². The molecule has 5 nitrogen and oxygen atoms in total. The molecule has 0 spiro atoms. The van der Waals surface area contributed by atoms with E-state index < -0.39 is 0 Å². The number of para-hydroxylation sites is 1. The van der Waals surface area contributed by atoms with Crippen molar-refractivity contribution in [3.8, 4) is 0 Å². The molecule has 0 radical (unpaired) electrons. The van der Waals surface area contributed by atoms with Gasteiger partial charge in [0.1, 0.15) is 0 Å². The number of hydrogen-bond acceptors (Lipinski definition) is 4. The third kappa shape index (κ3) is 4.88. The molecule has 2 aromatic rings. The van der Waals surface area contributed by atoms with Gasteiger partial charge < -0.3 is 15.0 Å². The Morgan fingerprint density at radius 1 is 1.07 bits per heavy atom. The summed E-state index contributed by atoms with van der Waals surface area (Å²) in [4.78, 5) is 25.9. The van der Waals surface area contributed by atoms with Gasteiger partial charge >= 0.3 is 5.97 Å². The summed E-state index contributed by atoms with van der Waals surface area (Å²) in [6.07, 6.45) is 0.857. The zero-order valence-corrected chi connectivity index (χ0v) is 16.0. The molecule has 142 valence electrons. The van der Waals surface area contributed by atoms with Crippen LogP contribution >= 0.6 is 0 Å². The molecular weight excluding hydrogens is 340 g/mol. The predicted molar refractivity (Wildman–Crippen MR) is 107 cm³/mol. The number of anilines is 3. The van der Waals surface area contributed by atoms with Crippen LogP contribution in [0.3, 0.4) is 0 Å². The zero-order valence-electron chi connectivity index (χ0n) is 16.0. The average molecular weight is 366 g/mol. The molecule has 27 heavy (non-hydrogen) atoms. The Kier molecular flexibility index (Phi) is 5.79. The van der Waals surface area contributed by atoms with Crippen LogP contribution in [0.2, 0.25) is 0 Å². The quantitative estimate of drug-likeness (QED) is 0.739. The lowest BCUT2D eigenvalue weighted by atomic mass is 10.2. The highest BCUT2D eigenvalue weighted by Gasteiger charge is 2.40. The van der Waals surface area contributed by atoms with Crippen molar-refractivity contribution in [1.29, 1.82) is 0 Å². The highest BCUT2D eigenvalue weighted by Crippen LogP contribution is 2.38. The van der Waals surface area contributed by atoms with Crippen molar-refractivity contribution in [2.45, 2.75) is 33.2 Å². The van der Waals surface area contributed by atoms with E-state index >= 15 is 0 Å². The van der Waals surface area contributed by atoms with Crippen LogP contribution in [-0.2, 0) is 14.3 Å². The molecule has 1 aliphatic carbocycles. The summed E-state index contributed by atoms with van der Waals surface area (Å²) in [6, 6.07) is 18.1. The van der Waals surface area contributed by atoms with Crippen molar-refractivity contribution in [3.05, 3.63) is 54.6 Å². The predicted octanol–water partition coefficient (Wildman–Crippen LogP) is 4.37. The van der Waals surface area contributed by atoms with Crippen molar-refractivity contribution >= 4 is 28.9 Å². The lowest BCUT2D eigenvalue weighted by Gasteiger charge is -2.29. The summed E-state index contributed by atoms with van der Waals surface area (Å²) >= 11 is 0. The van der Waals surface area contributed by atoms with Crippen LogP contribution < -0.4 is 10.2 Å². The number of nitrogens with zero attached hydrogens (tertiary/aromatic N) is 1. The first-order valence-electron chi connectivity index (χ1n) is 9.36. The van der Waals surface area contributed by atoms with Gasteiger partial charge in [0.2, 0.25) is 0 Å². The van der Waals surface area contributed by atoms with Crippen molar-refractivity contribution < 1.29 is 14.3 Å². The summed E-state index contributed by atoms with van der Waals surface area (Å²) < 4.78 is 5.06. The van der Waals surface area contributed by atoms with Gasteiger partial charge in [-0.15, -0.1) is 0 Å². The topological polar surface area (TPSA) is 58.6 Å². The van der Waals surface area contributed by atoms with Gasteiger partial charge in [0, 0.05) is 23.1 Å². The average Bonchev–Trinajstić information content (AvgIpc) is 3.39. The molecule has 1 amide bonds. The van der Waals surface area contributed by atoms with E-state index in [2.05, 4.69) is 36.2 Å². The van der Waals surface area contributed by atoms with Crippen molar-refractivity contribution in [3.63, 3.8) is 0 Å². The Bertz CT molecular complexity index is 787. The molecule has 0 heterocycles. The second-order valence-electron chi connectivity index (χ2n) is 7.32. The summed E-state index contributed by atoms with van der Waals surface area (Å²) in [5.41, 5.74) is 2.84. The van der Waals surface area contributed by atoms with Gasteiger partial charge in [-0.25, -0.2) is 0 Å². The Morgan fingerprint density at radius 2 is 1.67 bits per heavy atom. The minimum atomic E-state index is -0.326. The lowest BCUT2D eigenvalue weighted by molar-refractivity contribution is -0.148. The van der Waals surface area contributed by atoms with E-state index in [0.29, 0.717) is 11.6 Å². The molecule has 0 aromatic heterocycles. The first-order valence-corrected chi connectivity index (χ1v) is 9.36. The molecule has 1 fully saturated rings. The molecule has 1 aliphatic rings. The maximum atomic E-state index is 12.0. The number of benzene rings is 2. The van der Waals surface area contributed by atoms with Gasteiger partial charge in [0.15, 0.2) is 6.61 Å². The van der Waals surface area contributed by atoms with E-state index in [1.54, 1.807) is 0 Å². The fourth-order valence-corrected chi connectivity index (χ4v) is 3.13. The first-order chi connectivity index (χ1) is 13.0. The zero-order chi connectivity index (χ0) is 19.4. The summed E-state index contributed by atoms with van der Waals surface area (Å²) in [5, 5.41) is 2.77. The van der Waals surface area contributed by atoms with Crippen LogP contribution in [0.4, 0.5) is 17.1 Å². The molecular formula is C22H26N2O3. The Hall–Kier alpha value is -2.82. The molecule has 2 aromatic carbocycles. The van der Waals surface area contributed by atoms with Crippen molar-refractivity contribution in [2.75, 3.05) is 16.8 Å². The van der Waals surface area contributed by atoms with Crippen molar-refractivity contribution in [2.24, 2.45) is 11.8 Å². The van der Waals surface area contributed by atoms with E-state index in [1.807, 2.05) is 49.4 Å². The largest absolute Gasteiger partial charge is 0.455 e. The molecule has 2 atom stereocenters. The maximum Gasteiger partial charge on any atom is 0.309 e. The molecule has 0 unspecified atom stereocenters. The lowest BCUT2D eigenvalue weighted by Crippen LogP contribution is -2.25. The number of amides is 1. The number of carbonyl (C=O) groups excluding carboxylic acids is 2. The highest BCUT2D eigenvalue weighted by molar-refractivity contribution is 5.93. The third-order valence-corrected chi connectivity index (χ3v) is 4.74. The fraction of sp³-hybridized carbons (Fsp3) is 0.364. The number of carbonyl (C=O) groups is 2. The van der Waals surface area contributed by atoms with Crippen LogP contribution in [-0.4, -0.2) is 24.5 Å². The molecule has 5 heteroatoms. The monoisotopic (exact) mass is 366 g/mol. The van der Waals surface area contributed by atoms with Gasteiger partial charge in [0.05, 0.1) is 5.92 Å². The van der Waals surface area contributed by atoms with Gasteiger partial charge in [-0.3, -0.25) is 9.59 Å². The Balaban J connectivity index is 1.59. The summed E-state index contributed by atoms with van der Waals surface area (Å²) in [5.74, 6) is -0.254. The van der Waals surface area contributed by atoms with E-state index in [1.165, 1.54) is 0 Å². The van der Waals surface area contributed by atoms with E-state index in [-0.39, 0.29) is 30.4 Å². The van der Waals surface area contributed by atoms with E-state index in [4.69, 9.17) is 4.74 Å². The van der Waals surface area contributed by atoms with E-state index in [9.17, 15) is 9.59 Å². The SMILES string of the molecule is CC(C)N(c1ccccc1)c1ccc(NC(=O)COC(=O)[C@@H]2C[C@@H]2C)cc1. The number of esters is 1. The molecule has 0 bridgehead atoms. The molecule has 0 aliphatic heterocycles. The molecule has 1 saturated carbocycles. The minimum Gasteiger partial charge on any atom is -0.455 e. The number of hydrogen-bond donors (Lipinski definition) is 1. The number of rotatable bonds is 7. The van der Waals surface area contributed by atoms with Gasteiger partial charge in [0.25, 0.3) is 5.91 Å². The minimum absolute atomic E-state index is 0.0305. The third-order valence-electron chi connectivity index (χ3n) is 4.74. The van der Waals surface area contributed by atoms with Crippen LogP contribution in [0.5, 0.6) is 0 Å². The second-order valence-corrected chi connectivity index (χ2v) is 7.32. The van der Waals surface area contributed by atoms with Crippen molar-refractivity contribution in [1.82, 2.24) is 0 Å². The highest BCUT2D eigenvalue weighted by atomic mass is 16.5. The van der Waals surface area contributed by atoms with Crippen LogP contribution in [0.1, 0.15) is 27.2 Å². The second kappa shape index (κ2) is 8.25. The first kappa shape index (κ1) is 19.0. The maximum absolute atomic E-state index is 12.0. The number of ether oxygens (including phenoxy) is 1. The Morgan fingerprint density at radius 3 is 2.22 bits per heavy atom. The molecule has 1 N–H and O–H groups in total. The smallest absolute Gasteiger partial charge is 0.309 e. The summed E-state index contributed by atoms with van der Waals surface area (Å²) in [7, 11) is 0. The van der Waals surface area contributed by atoms with Crippen LogP contribution in [0.25, 0.3) is 0 Å². The number of nitrogens with one attached hydrogen (secondary N) is 1. The normalized spacial score (nSPS) is 18.1. The molecule has 0 saturated heterocycles. The standard InChI is InChI=1S/C22H26N2O3/c1-15(2)24(18-7-5-4-6-8-18)19-11-9-17(10-12-19)23-21(25)14-27-22(26)20-13-16(20)3/h4-12,15-16,20H,13-14H2,1-3H3,(H,23,25)/t16-,20+/m0/s1. The van der Waals surface area contributed by atoms with Gasteiger partial charge in [-0.2, -0.15) is 0 Å². The molecule has 3 rings (SSSR count). The van der Waals surface area contributed by atoms with Gasteiger partial charge in [-0.1, -0.05) is 25.1 Å². The fourth-order valence-electron chi connectivity index (χ4n) is 3.13. The summed E-state index contributed by atoms with van der Waals surface area (Å²) in [6.45, 7) is 6.03.